The van der Waals surface area contributed by atoms with E-state index in [1.807, 2.05) is 6.07 Å². The van der Waals surface area contributed by atoms with Crippen LogP contribution in [0.1, 0.15) is 56.3 Å². The highest BCUT2D eigenvalue weighted by Crippen LogP contribution is 2.49. The smallest absolute Gasteiger partial charge is 0.449 e. The van der Waals surface area contributed by atoms with Crippen LogP contribution in [0.4, 0.5) is 10.5 Å². The van der Waals surface area contributed by atoms with Crippen LogP contribution in [-0.2, 0) is 6.42 Å². The van der Waals surface area contributed by atoms with Crippen LogP contribution >= 0.6 is 11.6 Å². The highest BCUT2D eigenvalue weighted by atomic mass is 35.5. The van der Waals surface area contributed by atoms with E-state index in [1.54, 1.807) is 6.07 Å². The Bertz CT molecular complexity index is 1150. The Kier molecular flexibility index (Phi) is 5.91. The molecule has 0 aromatic heterocycles. The number of rotatable bonds is 4. The van der Waals surface area contributed by atoms with Gasteiger partial charge < -0.3 is 15.2 Å². The molecule has 0 fully saturated rings. The van der Waals surface area contributed by atoms with Crippen LogP contribution in [0.5, 0.6) is 5.75 Å². The third-order valence-electron chi connectivity index (χ3n) is 6.19. The van der Waals surface area contributed by atoms with Crippen molar-refractivity contribution in [1.29, 1.82) is 0 Å². The second kappa shape index (κ2) is 8.51. The molecule has 3 aromatic rings. The lowest BCUT2D eigenvalue weighted by Crippen LogP contribution is -2.35. The molecule has 166 valence electrons. The molecule has 0 saturated heterocycles. The molecule has 0 amide bonds. The number of benzene rings is 3. The monoisotopic (exact) mass is 449 g/mol. The first-order chi connectivity index (χ1) is 15.1. The van der Waals surface area contributed by atoms with Gasteiger partial charge in [0.2, 0.25) is 0 Å². The maximum Gasteiger partial charge on any atom is 0.511 e. The summed E-state index contributed by atoms with van der Waals surface area (Å²) in [4.78, 5) is 11.2. The fraction of sp³-hybridized carbons (Fsp3) is 0.296. The molecule has 0 radical (unpaired) electrons. The number of halogens is 1. The van der Waals surface area contributed by atoms with E-state index in [4.69, 9.17) is 21.4 Å². The Hall–Kier alpha value is -2.98. The maximum absolute atomic E-state index is 11.2. The van der Waals surface area contributed by atoms with Crippen molar-refractivity contribution in [3.63, 3.8) is 0 Å². The lowest BCUT2D eigenvalue weighted by molar-refractivity contribution is 0.144. The van der Waals surface area contributed by atoms with Gasteiger partial charge >= 0.3 is 6.16 Å². The largest absolute Gasteiger partial charge is 0.511 e. The Morgan fingerprint density at radius 1 is 1.09 bits per heavy atom. The standard InChI is InChI=1S/C27H28ClNO3/c1-16(2)17-8-10-18(11-9-17)19-6-5-7-20(12-19)25-27(3,4)15-21-13-22(28)14-23(24(21)29-25)32-26(30)31/h5-14,16,25,29H,15H2,1-4H3,(H,30,31). The van der Waals surface area contributed by atoms with Gasteiger partial charge in [0.25, 0.3) is 0 Å². The molecule has 4 nitrogen and oxygen atoms in total. The van der Waals surface area contributed by atoms with E-state index in [2.05, 4.69) is 81.5 Å². The quantitative estimate of drug-likeness (QED) is 0.313. The molecule has 0 aliphatic carbocycles. The van der Waals surface area contributed by atoms with Gasteiger partial charge in [-0.05, 0) is 57.7 Å². The van der Waals surface area contributed by atoms with E-state index >= 15 is 0 Å². The first-order valence-electron chi connectivity index (χ1n) is 10.8. The lowest BCUT2D eigenvalue weighted by Gasteiger charge is -2.42. The van der Waals surface area contributed by atoms with Crippen LogP contribution in [0.15, 0.2) is 60.7 Å². The van der Waals surface area contributed by atoms with Crippen LogP contribution < -0.4 is 10.1 Å². The van der Waals surface area contributed by atoms with Crippen LogP contribution in [0, 0.1) is 5.41 Å². The number of carboxylic acid groups (broad SMARTS) is 1. The van der Waals surface area contributed by atoms with Crippen molar-refractivity contribution in [2.45, 2.75) is 46.1 Å². The van der Waals surface area contributed by atoms with Crippen molar-refractivity contribution in [1.82, 2.24) is 0 Å². The van der Waals surface area contributed by atoms with Crippen molar-refractivity contribution >= 4 is 23.4 Å². The van der Waals surface area contributed by atoms with Crippen molar-refractivity contribution in [3.8, 4) is 16.9 Å². The second-order valence-electron chi connectivity index (χ2n) is 9.45. The van der Waals surface area contributed by atoms with Gasteiger partial charge in [-0.1, -0.05) is 81.8 Å². The summed E-state index contributed by atoms with van der Waals surface area (Å²) in [5.74, 6) is 0.735. The van der Waals surface area contributed by atoms with Gasteiger partial charge in [0.15, 0.2) is 5.75 Å². The molecule has 3 aromatic carbocycles. The molecular weight excluding hydrogens is 422 g/mol. The molecule has 1 heterocycles. The first-order valence-corrected chi connectivity index (χ1v) is 11.2. The van der Waals surface area contributed by atoms with Crippen LogP contribution in [0.25, 0.3) is 11.1 Å². The molecule has 1 aliphatic heterocycles. The molecule has 2 N–H and O–H groups in total. The number of fused-ring (bicyclic) bond motifs is 1. The maximum atomic E-state index is 11.2. The summed E-state index contributed by atoms with van der Waals surface area (Å²) in [6.07, 6.45) is -0.617. The Balaban J connectivity index is 1.71. The molecule has 4 rings (SSSR count). The minimum Gasteiger partial charge on any atom is -0.449 e. The number of ether oxygens (including phenoxy) is 1. The normalized spacial score (nSPS) is 16.9. The third kappa shape index (κ3) is 4.46. The van der Waals surface area contributed by atoms with Crippen molar-refractivity contribution in [2.75, 3.05) is 5.32 Å². The van der Waals surface area contributed by atoms with E-state index in [9.17, 15) is 4.79 Å². The lowest BCUT2D eigenvalue weighted by atomic mass is 9.72. The van der Waals surface area contributed by atoms with E-state index < -0.39 is 6.16 Å². The summed E-state index contributed by atoms with van der Waals surface area (Å²) in [6, 6.07) is 20.6. The van der Waals surface area contributed by atoms with E-state index in [-0.39, 0.29) is 17.2 Å². The molecule has 1 unspecified atom stereocenters. The van der Waals surface area contributed by atoms with Gasteiger partial charge in [0, 0.05) is 11.1 Å². The van der Waals surface area contributed by atoms with Crippen molar-refractivity contribution in [2.24, 2.45) is 5.41 Å². The number of hydrogen-bond acceptors (Lipinski definition) is 3. The number of nitrogens with one attached hydrogen (secondary N) is 1. The van der Waals surface area contributed by atoms with Gasteiger partial charge in [-0.2, -0.15) is 0 Å². The van der Waals surface area contributed by atoms with Gasteiger partial charge in [0.05, 0.1) is 11.7 Å². The first kappa shape index (κ1) is 22.2. The fourth-order valence-corrected chi connectivity index (χ4v) is 4.77. The van der Waals surface area contributed by atoms with Crippen LogP contribution in [0.3, 0.4) is 0 Å². The fourth-order valence-electron chi connectivity index (χ4n) is 4.54. The van der Waals surface area contributed by atoms with E-state index in [0.717, 1.165) is 23.1 Å². The zero-order valence-corrected chi connectivity index (χ0v) is 19.5. The summed E-state index contributed by atoms with van der Waals surface area (Å²) in [6.45, 7) is 8.80. The zero-order chi connectivity index (χ0) is 23.0. The minimum atomic E-state index is -1.36. The average Bonchev–Trinajstić information content (AvgIpc) is 2.72. The predicted molar refractivity (Wildman–Crippen MR) is 130 cm³/mol. The van der Waals surface area contributed by atoms with Gasteiger partial charge in [-0.15, -0.1) is 0 Å². The van der Waals surface area contributed by atoms with Crippen LogP contribution in [-0.4, -0.2) is 11.3 Å². The van der Waals surface area contributed by atoms with Gasteiger partial charge in [-0.3, -0.25) is 0 Å². The minimum absolute atomic E-state index is 0.0257. The highest BCUT2D eigenvalue weighted by molar-refractivity contribution is 6.31. The molecule has 1 atom stereocenters. The molecular formula is C27H28ClNO3. The summed E-state index contributed by atoms with van der Waals surface area (Å²) in [7, 11) is 0. The molecule has 5 heteroatoms. The summed E-state index contributed by atoms with van der Waals surface area (Å²) in [5.41, 5.74) is 6.30. The zero-order valence-electron chi connectivity index (χ0n) is 18.8. The van der Waals surface area contributed by atoms with Crippen molar-refractivity contribution in [3.05, 3.63) is 82.4 Å². The molecule has 0 spiro atoms. The molecule has 0 saturated carbocycles. The van der Waals surface area contributed by atoms with Crippen molar-refractivity contribution < 1.29 is 14.6 Å². The summed E-state index contributed by atoms with van der Waals surface area (Å²) >= 11 is 6.23. The van der Waals surface area contributed by atoms with E-state index in [0.29, 0.717) is 16.6 Å². The van der Waals surface area contributed by atoms with Gasteiger partial charge in [-0.25, -0.2) is 4.79 Å². The number of anilines is 1. The SMILES string of the molecule is CC(C)c1ccc(-c2cccc(C3Nc4c(cc(Cl)cc4OC(=O)O)CC3(C)C)c2)cc1. The Morgan fingerprint density at radius 2 is 1.81 bits per heavy atom. The van der Waals surface area contributed by atoms with Crippen LogP contribution in [0.2, 0.25) is 5.02 Å². The molecule has 0 bridgehead atoms. The highest BCUT2D eigenvalue weighted by Gasteiger charge is 2.37. The second-order valence-corrected chi connectivity index (χ2v) is 9.89. The molecule has 32 heavy (non-hydrogen) atoms. The third-order valence-corrected chi connectivity index (χ3v) is 6.41. The summed E-state index contributed by atoms with van der Waals surface area (Å²) in [5, 5.41) is 13.2. The number of carbonyl (C=O) groups is 1. The topological polar surface area (TPSA) is 58.6 Å². The Labute approximate surface area is 194 Å². The predicted octanol–water partition coefficient (Wildman–Crippen LogP) is 7.92. The Morgan fingerprint density at radius 3 is 2.47 bits per heavy atom. The average molecular weight is 450 g/mol. The number of hydrogen-bond donors (Lipinski definition) is 2. The summed E-state index contributed by atoms with van der Waals surface area (Å²) < 4.78 is 5.04. The van der Waals surface area contributed by atoms with Gasteiger partial charge in [0.1, 0.15) is 0 Å². The van der Waals surface area contributed by atoms with E-state index in [1.165, 1.54) is 11.1 Å². The molecule has 1 aliphatic rings.